The summed E-state index contributed by atoms with van der Waals surface area (Å²) in [5.74, 6) is 0.885. The maximum Gasteiger partial charge on any atom is 0.320 e. The third-order valence-electron chi connectivity index (χ3n) is 6.20. The van der Waals surface area contributed by atoms with Crippen molar-refractivity contribution in [3.05, 3.63) is 18.5 Å². The van der Waals surface area contributed by atoms with Crippen molar-refractivity contribution in [3.8, 4) is 0 Å². The summed E-state index contributed by atoms with van der Waals surface area (Å²) in [5, 5.41) is 0. The largest absolute Gasteiger partial charge is 0.378 e. The van der Waals surface area contributed by atoms with Gasteiger partial charge in [0.15, 0.2) is 0 Å². The van der Waals surface area contributed by atoms with E-state index in [9.17, 15) is 9.59 Å². The number of hydrogen-bond acceptors (Lipinski definition) is 7. The molecule has 164 valence electrons. The van der Waals surface area contributed by atoms with Gasteiger partial charge in [-0.15, -0.1) is 0 Å². The van der Waals surface area contributed by atoms with E-state index in [-0.39, 0.29) is 18.0 Å². The number of amides is 3. The second-order valence-corrected chi connectivity index (χ2v) is 7.94. The topological polar surface area (TPSA) is 85.4 Å². The van der Waals surface area contributed by atoms with Crippen molar-refractivity contribution in [3.63, 3.8) is 0 Å². The summed E-state index contributed by atoms with van der Waals surface area (Å²) in [5.41, 5.74) is 0. The van der Waals surface area contributed by atoms with Gasteiger partial charge in [-0.3, -0.25) is 9.69 Å². The number of piperazine rings is 2. The number of carbonyl (C=O) groups excluding carboxylic acids is 2. The van der Waals surface area contributed by atoms with Crippen molar-refractivity contribution >= 4 is 17.9 Å². The number of urea groups is 1. The summed E-state index contributed by atoms with van der Waals surface area (Å²) in [7, 11) is 0. The Morgan fingerprint density at radius 3 is 2.03 bits per heavy atom. The molecule has 10 nitrogen and oxygen atoms in total. The van der Waals surface area contributed by atoms with Crippen LogP contribution in [0.2, 0.25) is 0 Å². The molecule has 0 bridgehead atoms. The monoisotopic (exact) mass is 417 g/mol. The van der Waals surface area contributed by atoms with Crippen LogP contribution >= 0.6 is 0 Å². The van der Waals surface area contributed by atoms with Crippen LogP contribution in [0.15, 0.2) is 18.5 Å². The van der Waals surface area contributed by atoms with Crippen LogP contribution in [0.5, 0.6) is 0 Å². The van der Waals surface area contributed by atoms with Gasteiger partial charge in [-0.25, -0.2) is 14.8 Å². The first-order valence-corrected chi connectivity index (χ1v) is 10.8. The quantitative estimate of drug-likeness (QED) is 0.661. The van der Waals surface area contributed by atoms with Gasteiger partial charge in [0, 0.05) is 77.8 Å². The molecule has 4 heterocycles. The van der Waals surface area contributed by atoms with E-state index in [2.05, 4.69) is 19.8 Å². The standard InChI is InChI=1S/C20H31N7O3/c1-17(18(28)24-7-9-25(10-8-24)19-21-3-2-4-22-19)23-5-11-26(12-6-23)20(29)27-13-15-30-16-14-27/h2-4,17H,5-16H2,1H3. The Balaban J connectivity index is 1.23. The second-order valence-electron chi connectivity index (χ2n) is 7.94. The van der Waals surface area contributed by atoms with E-state index >= 15 is 0 Å². The van der Waals surface area contributed by atoms with Crippen LogP contribution in [0, 0.1) is 0 Å². The van der Waals surface area contributed by atoms with Crippen LogP contribution in [0.25, 0.3) is 0 Å². The molecule has 1 unspecified atom stereocenters. The molecule has 0 saturated carbocycles. The zero-order valence-electron chi connectivity index (χ0n) is 17.6. The first-order valence-electron chi connectivity index (χ1n) is 10.8. The van der Waals surface area contributed by atoms with Gasteiger partial charge in [0.2, 0.25) is 11.9 Å². The molecule has 3 aliphatic rings. The maximum absolute atomic E-state index is 13.0. The summed E-state index contributed by atoms with van der Waals surface area (Å²) in [6.07, 6.45) is 3.48. The van der Waals surface area contributed by atoms with Crippen molar-refractivity contribution in [2.75, 3.05) is 83.6 Å². The van der Waals surface area contributed by atoms with Gasteiger partial charge in [-0.1, -0.05) is 0 Å². The van der Waals surface area contributed by atoms with Gasteiger partial charge >= 0.3 is 6.03 Å². The van der Waals surface area contributed by atoms with E-state index in [0.29, 0.717) is 52.5 Å². The van der Waals surface area contributed by atoms with Crippen LogP contribution in [0.1, 0.15) is 6.92 Å². The highest BCUT2D eigenvalue weighted by molar-refractivity contribution is 5.82. The summed E-state index contributed by atoms with van der Waals surface area (Å²) in [6.45, 7) is 10.1. The molecule has 1 aromatic rings. The summed E-state index contributed by atoms with van der Waals surface area (Å²) < 4.78 is 5.33. The van der Waals surface area contributed by atoms with Crippen LogP contribution in [0.3, 0.4) is 0 Å². The molecule has 1 aromatic heterocycles. The van der Waals surface area contributed by atoms with Gasteiger partial charge in [-0.2, -0.15) is 0 Å². The Kier molecular flexibility index (Phi) is 6.63. The zero-order valence-corrected chi connectivity index (χ0v) is 17.6. The van der Waals surface area contributed by atoms with Gasteiger partial charge in [0.05, 0.1) is 19.3 Å². The Hall–Kier alpha value is -2.46. The van der Waals surface area contributed by atoms with E-state index < -0.39 is 0 Å². The molecule has 3 amide bonds. The summed E-state index contributed by atoms with van der Waals surface area (Å²) in [4.78, 5) is 44.3. The Labute approximate surface area is 177 Å². The van der Waals surface area contributed by atoms with E-state index in [4.69, 9.17) is 4.74 Å². The number of hydrogen-bond donors (Lipinski definition) is 0. The normalized spacial score (nSPS) is 22.2. The second kappa shape index (κ2) is 9.57. The van der Waals surface area contributed by atoms with E-state index in [1.807, 2.05) is 21.6 Å². The molecule has 0 spiro atoms. The SMILES string of the molecule is CC(C(=O)N1CCN(c2ncccn2)CC1)N1CCN(C(=O)N2CCOCC2)CC1. The highest BCUT2D eigenvalue weighted by Crippen LogP contribution is 2.15. The number of morpholine rings is 1. The fourth-order valence-corrected chi connectivity index (χ4v) is 4.26. The summed E-state index contributed by atoms with van der Waals surface area (Å²) in [6, 6.07) is 1.72. The molecular weight excluding hydrogens is 386 g/mol. The Bertz CT molecular complexity index is 712. The highest BCUT2D eigenvalue weighted by atomic mass is 16.5. The number of aromatic nitrogens is 2. The van der Waals surface area contributed by atoms with Crippen molar-refractivity contribution in [1.82, 2.24) is 29.6 Å². The minimum atomic E-state index is -0.176. The molecule has 0 aliphatic carbocycles. The van der Waals surface area contributed by atoms with Crippen molar-refractivity contribution < 1.29 is 14.3 Å². The molecule has 1 atom stereocenters. The first kappa shape index (κ1) is 20.8. The van der Waals surface area contributed by atoms with Gasteiger partial charge < -0.3 is 24.3 Å². The lowest BCUT2D eigenvalue weighted by Gasteiger charge is -2.42. The van der Waals surface area contributed by atoms with Crippen molar-refractivity contribution in [1.29, 1.82) is 0 Å². The van der Waals surface area contributed by atoms with E-state index in [0.717, 1.165) is 32.1 Å². The van der Waals surface area contributed by atoms with Crippen LogP contribution in [-0.2, 0) is 9.53 Å². The third-order valence-corrected chi connectivity index (χ3v) is 6.20. The van der Waals surface area contributed by atoms with Crippen molar-refractivity contribution in [2.24, 2.45) is 0 Å². The first-order chi connectivity index (χ1) is 14.6. The zero-order chi connectivity index (χ0) is 20.9. The molecule has 30 heavy (non-hydrogen) atoms. The summed E-state index contributed by atoms with van der Waals surface area (Å²) >= 11 is 0. The van der Waals surface area contributed by atoms with Crippen LogP contribution in [-0.4, -0.2) is 126 Å². The average molecular weight is 418 g/mol. The Morgan fingerprint density at radius 2 is 1.40 bits per heavy atom. The van der Waals surface area contributed by atoms with Crippen LogP contribution in [0.4, 0.5) is 10.7 Å². The van der Waals surface area contributed by atoms with Gasteiger partial charge in [-0.05, 0) is 13.0 Å². The molecule has 3 aliphatic heterocycles. The lowest BCUT2D eigenvalue weighted by atomic mass is 10.2. The minimum absolute atomic E-state index is 0.0937. The predicted molar refractivity (Wildman–Crippen MR) is 111 cm³/mol. The van der Waals surface area contributed by atoms with Crippen molar-refractivity contribution in [2.45, 2.75) is 13.0 Å². The molecule has 10 heteroatoms. The molecule has 3 saturated heterocycles. The van der Waals surface area contributed by atoms with Gasteiger partial charge in [0.25, 0.3) is 0 Å². The number of anilines is 1. The lowest BCUT2D eigenvalue weighted by molar-refractivity contribution is -0.137. The fraction of sp³-hybridized carbons (Fsp3) is 0.700. The van der Waals surface area contributed by atoms with E-state index in [1.54, 1.807) is 18.5 Å². The lowest BCUT2D eigenvalue weighted by Crippen LogP contribution is -2.59. The third kappa shape index (κ3) is 4.65. The molecule has 0 radical (unpaired) electrons. The average Bonchev–Trinajstić information content (AvgIpc) is 2.84. The Morgan fingerprint density at radius 1 is 0.833 bits per heavy atom. The highest BCUT2D eigenvalue weighted by Gasteiger charge is 2.33. The minimum Gasteiger partial charge on any atom is -0.378 e. The van der Waals surface area contributed by atoms with E-state index in [1.165, 1.54) is 0 Å². The fourth-order valence-electron chi connectivity index (χ4n) is 4.26. The van der Waals surface area contributed by atoms with Crippen LogP contribution < -0.4 is 4.90 Å². The predicted octanol–water partition coefficient (Wildman–Crippen LogP) is -0.416. The number of rotatable bonds is 3. The molecule has 3 fully saturated rings. The number of carbonyl (C=O) groups is 2. The maximum atomic E-state index is 13.0. The smallest absolute Gasteiger partial charge is 0.320 e. The molecular formula is C20H31N7O3. The molecule has 0 aromatic carbocycles. The number of ether oxygens (including phenoxy) is 1. The molecule has 4 rings (SSSR count). The molecule has 0 N–H and O–H groups in total. The number of nitrogens with zero attached hydrogens (tertiary/aromatic N) is 7. The van der Waals surface area contributed by atoms with Gasteiger partial charge in [0.1, 0.15) is 0 Å².